The SMILES string of the molecule is Cc1nc(CNC(=O)c2cnc(C34CC5CC(CC(C5)C3)C4)[nH]c2=O)n[nH]1. The Kier molecular flexibility index (Phi) is 3.70. The topological polar surface area (TPSA) is 116 Å². The van der Waals surface area contributed by atoms with Crippen LogP contribution in [0.1, 0.15) is 66.4 Å². The van der Waals surface area contributed by atoms with E-state index in [1.54, 1.807) is 6.92 Å². The van der Waals surface area contributed by atoms with Gasteiger partial charge in [0.15, 0.2) is 5.82 Å². The number of rotatable bonds is 4. The van der Waals surface area contributed by atoms with E-state index in [1.807, 2.05) is 0 Å². The number of amides is 1. The maximum atomic E-state index is 12.6. The molecule has 4 aliphatic carbocycles. The number of carbonyl (C=O) groups excluding carboxylic acids is 1. The normalized spacial score (nSPS) is 31.2. The van der Waals surface area contributed by atoms with Crippen LogP contribution in [0.4, 0.5) is 0 Å². The van der Waals surface area contributed by atoms with Gasteiger partial charge in [-0.1, -0.05) is 0 Å². The summed E-state index contributed by atoms with van der Waals surface area (Å²) in [5.74, 6) is 3.81. The predicted octanol–water partition coefficient (Wildman–Crippen LogP) is 1.59. The first kappa shape index (κ1) is 16.6. The monoisotopic (exact) mass is 368 g/mol. The zero-order chi connectivity index (χ0) is 18.6. The van der Waals surface area contributed by atoms with Gasteiger partial charge < -0.3 is 10.3 Å². The molecule has 4 fully saturated rings. The van der Waals surface area contributed by atoms with Gasteiger partial charge in [0.2, 0.25) is 0 Å². The van der Waals surface area contributed by atoms with Gasteiger partial charge in [-0.3, -0.25) is 14.7 Å². The summed E-state index contributed by atoms with van der Waals surface area (Å²) in [5, 5.41) is 9.37. The minimum atomic E-state index is -0.455. The van der Waals surface area contributed by atoms with Crippen LogP contribution in [0.25, 0.3) is 0 Å². The fourth-order valence-electron chi connectivity index (χ4n) is 5.95. The number of hydrogen-bond donors (Lipinski definition) is 3. The zero-order valence-corrected chi connectivity index (χ0v) is 15.4. The van der Waals surface area contributed by atoms with Crippen molar-refractivity contribution in [2.24, 2.45) is 17.8 Å². The molecule has 0 unspecified atom stereocenters. The van der Waals surface area contributed by atoms with Crippen molar-refractivity contribution in [1.29, 1.82) is 0 Å². The maximum Gasteiger partial charge on any atom is 0.263 e. The molecular weight excluding hydrogens is 344 g/mol. The molecule has 2 aromatic rings. The Morgan fingerprint density at radius 1 is 1.22 bits per heavy atom. The Morgan fingerprint density at radius 3 is 2.44 bits per heavy atom. The van der Waals surface area contributed by atoms with Gasteiger partial charge in [0.25, 0.3) is 11.5 Å². The molecule has 27 heavy (non-hydrogen) atoms. The van der Waals surface area contributed by atoms with Gasteiger partial charge in [-0.25, -0.2) is 9.97 Å². The van der Waals surface area contributed by atoms with Crippen molar-refractivity contribution in [3.8, 4) is 0 Å². The predicted molar refractivity (Wildman–Crippen MR) is 97.0 cm³/mol. The lowest BCUT2D eigenvalue weighted by Crippen LogP contribution is -2.50. The Hall–Kier alpha value is -2.51. The van der Waals surface area contributed by atoms with Gasteiger partial charge in [-0.05, 0) is 63.2 Å². The third kappa shape index (κ3) is 2.87. The van der Waals surface area contributed by atoms with Crippen molar-refractivity contribution in [3.63, 3.8) is 0 Å². The largest absolute Gasteiger partial charge is 0.344 e. The average molecular weight is 368 g/mol. The maximum absolute atomic E-state index is 12.6. The Morgan fingerprint density at radius 2 is 1.89 bits per heavy atom. The molecule has 0 spiro atoms. The summed E-state index contributed by atoms with van der Waals surface area (Å²) in [4.78, 5) is 36.6. The van der Waals surface area contributed by atoms with E-state index >= 15 is 0 Å². The molecule has 8 heteroatoms. The van der Waals surface area contributed by atoms with Gasteiger partial charge in [0.1, 0.15) is 17.2 Å². The lowest BCUT2D eigenvalue weighted by molar-refractivity contribution is -0.00953. The van der Waals surface area contributed by atoms with E-state index in [2.05, 4.69) is 30.5 Å². The molecule has 0 radical (unpaired) electrons. The first-order chi connectivity index (χ1) is 13.0. The second kappa shape index (κ2) is 6.00. The molecule has 0 atom stereocenters. The summed E-state index contributed by atoms with van der Waals surface area (Å²) >= 11 is 0. The lowest BCUT2D eigenvalue weighted by atomic mass is 9.49. The molecule has 0 aromatic carbocycles. The van der Waals surface area contributed by atoms with Crippen molar-refractivity contribution in [2.45, 2.75) is 57.4 Å². The van der Waals surface area contributed by atoms with Gasteiger partial charge >= 0.3 is 0 Å². The van der Waals surface area contributed by atoms with Crippen molar-refractivity contribution in [1.82, 2.24) is 30.5 Å². The summed E-state index contributed by atoms with van der Waals surface area (Å²) in [6.07, 6.45) is 8.82. The van der Waals surface area contributed by atoms with Crippen molar-refractivity contribution in [3.05, 3.63) is 39.6 Å². The minimum Gasteiger partial charge on any atom is -0.344 e. The molecule has 4 bridgehead atoms. The van der Waals surface area contributed by atoms with Crippen LogP contribution < -0.4 is 10.9 Å². The summed E-state index contributed by atoms with van der Waals surface area (Å²) in [5.41, 5.74) is -0.311. The van der Waals surface area contributed by atoms with Gasteiger partial charge in [0.05, 0.1) is 6.54 Å². The van der Waals surface area contributed by atoms with E-state index in [-0.39, 0.29) is 23.1 Å². The highest BCUT2D eigenvalue weighted by Gasteiger charge is 2.52. The van der Waals surface area contributed by atoms with Crippen LogP contribution in [-0.4, -0.2) is 31.1 Å². The van der Waals surface area contributed by atoms with Crippen molar-refractivity contribution >= 4 is 5.91 Å². The number of aromatic amines is 2. The lowest BCUT2D eigenvalue weighted by Gasteiger charge is -2.56. The summed E-state index contributed by atoms with van der Waals surface area (Å²) in [6, 6.07) is 0. The number of nitrogens with one attached hydrogen (secondary N) is 3. The summed E-state index contributed by atoms with van der Waals surface area (Å²) < 4.78 is 0. The molecule has 0 aliphatic heterocycles. The van der Waals surface area contributed by atoms with Crippen LogP contribution >= 0.6 is 0 Å². The number of aromatic nitrogens is 5. The highest BCUT2D eigenvalue weighted by Crippen LogP contribution is 2.59. The molecule has 4 saturated carbocycles. The first-order valence-corrected chi connectivity index (χ1v) is 9.77. The van der Waals surface area contributed by atoms with E-state index in [1.165, 1.54) is 25.5 Å². The molecule has 6 rings (SSSR count). The van der Waals surface area contributed by atoms with Crippen LogP contribution in [0.3, 0.4) is 0 Å². The van der Waals surface area contributed by atoms with Crippen molar-refractivity contribution < 1.29 is 4.79 Å². The Labute approximate surface area is 156 Å². The minimum absolute atomic E-state index is 0.0133. The van der Waals surface area contributed by atoms with Crippen LogP contribution in [0.5, 0.6) is 0 Å². The quantitative estimate of drug-likeness (QED) is 0.758. The molecule has 1 amide bonds. The van der Waals surface area contributed by atoms with Crippen molar-refractivity contribution in [2.75, 3.05) is 0 Å². The second-order valence-electron chi connectivity index (χ2n) is 8.69. The molecule has 142 valence electrons. The van der Waals surface area contributed by atoms with E-state index in [0.29, 0.717) is 11.6 Å². The Bertz CT molecular complexity index is 910. The van der Waals surface area contributed by atoms with E-state index in [4.69, 9.17) is 0 Å². The molecule has 2 heterocycles. The standard InChI is InChI=1S/C19H24N6O2/c1-10-22-15(25-24-10)9-20-16(26)14-8-21-18(23-17(14)27)19-5-11-2-12(6-19)4-13(3-11)7-19/h8,11-13H,2-7,9H2,1H3,(H,20,26)(H,21,23,27)(H,22,24,25). The van der Waals surface area contributed by atoms with Gasteiger partial charge in [0, 0.05) is 11.6 Å². The molecule has 8 nitrogen and oxygen atoms in total. The fourth-order valence-corrected chi connectivity index (χ4v) is 5.95. The summed E-state index contributed by atoms with van der Waals surface area (Å²) in [6.45, 7) is 1.95. The number of nitrogens with zero attached hydrogens (tertiary/aromatic N) is 3. The van der Waals surface area contributed by atoms with E-state index < -0.39 is 5.91 Å². The van der Waals surface area contributed by atoms with Crippen LogP contribution in [-0.2, 0) is 12.0 Å². The fraction of sp³-hybridized carbons (Fsp3) is 0.632. The van der Waals surface area contributed by atoms with E-state index in [0.717, 1.165) is 42.8 Å². The zero-order valence-electron chi connectivity index (χ0n) is 15.4. The molecule has 3 N–H and O–H groups in total. The third-order valence-electron chi connectivity index (χ3n) is 6.64. The first-order valence-electron chi connectivity index (χ1n) is 9.77. The molecular formula is C19H24N6O2. The number of H-pyrrole nitrogens is 2. The molecule has 2 aromatic heterocycles. The highest BCUT2D eigenvalue weighted by atomic mass is 16.2. The highest BCUT2D eigenvalue weighted by molar-refractivity contribution is 5.93. The number of aryl methyl sites for hydroxylation is 1. The summed E-state index contributed by atoms with van der Waals surface area (Å²) in [7, 11) is 0. The average Bonchev–Trinajstić information content (AvgIpc) is 3.04. The van der Waals surface area contributed by atoms with Gasteiger partial charge in [-0.15, -0.1) is 0 Å². The Balaban J connectivity index is 1.35. The number of hydrogen-bond acceptors (Lipinski definition) is 5. The molecule has 0 saturated heterocycles. The smallest absolute Gasteiger partial charge is 0.263 e. The number of carbonyl (C=O) groups is 1. The van der Waals surface area contributed by atoms with Gasteiger partial charge in [-0.2, -0.15) is 5.10 Å². The third-order valence-corrected chi connectivity index (χ3v) is 6.64. The van der Waals surface area contributed by atoms with E-state index in [9.17, 15) is 9.59 Å². The van der Waals surface area contributed by atoms with Crippen LogP contribution in [0.2, 0.25) is 0 Å². The second-order valence-corrected chi connectivity index (χ2v) is 8.69. The molecule has 4 aliphatic rings. The van der Waals surface area contributed by atoms with Crippen LogP contribution in [0, 0.1) is 24.7 Å². The van der Waals surface area contributed by atoms with Crippen LogP contribution in [0.15, 0.2) is 11.0 Å².